The third-order valence-electron chi connectivity index (χ3n) is 3.62. The molecule has 0 unspecified atom stereocenters. The highest BCUT2D eigenvalue weighted by molar-refractivity contribution is 6.04. The number of alkyl halides is 3. The summed E-state index contributed by atoms with van der Waals surface area (Å²) in [7, 11) is 0. The minimum absolute atomic E-state index is 0.0325. The Morgan fingerprint density at radius 2 is 1.78 bits per heavy atom. The van der Waals surface area contributed by atoms with Crippen LogP contribution in [0.2, 0.25) is 0 Å². The van der Waals surface area contributed by atoms with E-state index < -0.39 is 23.0 Å². The number of non-ortho nitro benzene ring substituents is 1. The molecule has 0 spiro atoms. The largest absolute Gasteiger partial charge is 0.573 e. The molecule has 3 aromatic rings. The molecule has 10 heteroatoms. The summed E-state index contributed by atoms with van der Waals surface area (Å²) in [5.74, 6) is -1.93. The summed E-state index contributed by atoms with van der Waals surface area (Å²) in [4.78, 5) is 25.9. The SMILES string of the molecule is O=C(O)c1cc(-c2ccc([N+](=O)[O-])cc2)nc2ccc(OC(F)(F)F)cc12. The molecule has 0 radical (unpaired) electrons. The first-order valence-electron chi connectivity index (χ1n) is 7.33. The summed E-state index contributed by atoms with van der Waals surface area (Å²) in [5.41, 5.74) is 0.339. The first-order valence-corrected chi connectivity index (χ1v) is 7.33. The van der Waals surface area contributed by atoms with Crippen molar-refractivity contribution < 1.29 is 32.7 Å². The van der Waals surface area contributed by atoms with Crippen LogP contribution in [-0.2, 0) is 0 Å². The van der Waals surface area contributed by atoms with E-state index >= 15 is 0 Å². The molecule has 0 atom stereocenters. The average Bonchev–Trinajstić information content (AvgIpc) is 2.59. The lowest BCUT2D eigenvalue weighted by Gasteiger charge is -2.11. The third kappa shape index (κ3) is 3.94. The van der Waals surface area contributed by atoms with Gasteiger partial charge in [0.1, 0.15) is 5.75 Å². The smallest absolute Gasteiger partial charge is 0.478 e. The highest BCUT2D eigenvalue weighted by Gasteiger charge is 2.31. The number of aromatic nitrogens is 1. The second-order valence-corrected chi connectivity index (χ2v) is 5.39. The van der Waals surface area contributed by atoms with Gasteiger partial charge in [0.15, 0.2) is 0 Å². The Morgan fingerprint density at radius 3 is 2.33 bits per heavy atom. The van der Waals surface area contributed by atoms with Gasteiger partial charge in [0.2, 0.25) is 0 Å². The fourth-order valence-electron chi connectivity index (χ4n) is 2.48. The number of pyridine rings is 1. The standard InChI is InChI=1S/C17H9F3N2O5/c18-17(19,20)27-11-5-6-14-12(7-11)13(16(23)24)8-15(21-14)9-1-3-10(4-2-9)22(25)26/h1-8H,(H,23,24). The van der Waals surface area contributed by atoms with Crippen LogP contribution >= 0.6 is 0 Å². The van der Waals surface area contributed by atoms with E-state index in [4.69, 9.17) is 0 Å². The zero-order valence-electron chi connectivity index (χ0n) is 13.2. The maximum absolute atomic E-state index is 12.4. The predicted molar refractivity (Wildman–Crippen MR) is 87.5 cm³/mol. The van der Waals surface area contributed by atoms with Crippen LogP contribution in [0, 0.1) is 10.1 Å². The van der Waals surface area contributed by atoms with Gasteiger partial charge in [0, 0.05) is 23.1 Å². The molecule has 0 aliphatic carbocycles. The van der Waals surface area contributed by atoms with E-state index in [-0.39, 0.29) is 27.8 Å². The molecule has 1 N–H and O–H groups in total. The lowest BCUT2D eigenvalue weighted by atomic mass is 10.0. The Hall–Kier alpha value is -3.69. The number of carboxylic acid groups (broad SMARTS) is 1. The number of halogens is 3. The van der Waals surface area contributed by atoms with Crippen LogP contribution in [0.1, 0.15) is 10.4 Å². The summed E-state index contributed by atoms with van der Waals surface area (Å²) in [6.45, 7) is 0. The molecule has 0 amide bonds. The lowest BCUT2D eigenvalue weighted by molar-refractivity contribution is -0.384. The van der Waals surface area contributed by atoms with Gasteiger partial charge in [0.25, 0.3) is 5.69 Å². The number of ether oxygens (including phenoxy) is 1. The minimum atomic E-state index is -4.91. The van der Waals surface area contributed by atoms with Crippen molar-refractivity contribution in [2.75, 3.05) is 0 Å². The lowest BCUT2D eigenvalue weighted by Crippen LogP contribution is -2.17. The molecular formula is C17H9F3N2O5. The molecule has 0 fully saturated rings. The first kappa shape index (κ1) is 18.1. The number of hydrogen-bond acceptors (Lipinski definition) is 5. The van der Waals surface area contributed by atoms with E-state index in [2.05, 4.69) is 9.72 Å². The number of benzene rings is 2. The molecule has 138 valence electrons. The Labute approximate surface area is 148 Å². The molecule has 0 bridgehead atoms. The summed E-state index contributed by atoms with van der Waals surface area (Å²) in [6.07, 6.45) is -4.91. The van der Waals surface area contributed by atoms with Gasteiger partial charge in [-0.2, -0.15) is 0 Å². The fraction of sp³-hybridized carbons (Fsp3) is 0.0588. The Kier molecular flexibility index (Phi) is 4.40. The van der Waals surface area contributed by atoms with E-state index in [9.17, 15) is 33.2 Å². The average molecular weight is 378 g/mol. The fourth-order valence-corrected chi connectivity index (χ4v) is 2.48. The number of rotatable bonds is 4. The predicted octanol–water partition coefficient (Wildman–Crippen LogP) is 4.41. The molecule has 0 saturated carbocycles. The summed E-state index contributed by atoms with van der Waals surface area (Å²) >= 11 is 0. The number of nitrogens with zero attached hydrogens (tertiary/aromatic N) is 2. The van der Waals surface area contributed by atoms with Gasteiger partial charge in [-0.1, -0.05) is 0 Å². The Bertz CT molecular complexity index is 1050. The van der Waals surface area contributed by atoms with Crippen LogP contribution in [0.3, 0.4) is 0 Å². The molecular weight excluding hydrogens is 369 g/mol. The van der Waals surface area contributed by atoms with Crippen LogP contribution in [0.25, 0.3) is 22.2 Å². The van der Waals surface area contributed by atoms with Crippen molar-refractivity contribution in [2.24, 2.45) is 0 Å². The zero-order chi connectivity index (χ0) is 19.8. The summed E-state index contributed by atoms with van der Waals surface area (Å²) in [6, 6.07) is 9.63. The third-order valence-corrected chi connectivity index (χ3v) is 3.62. The topological polar surface area (TPSA) is 103 Å². The maximum Gasteiger partial charge on any atom is 0.573 e. The Balaban J connectivity index is 2.12. The highest BCUT2D eigenvalue weighted by atomic mass is 19.4. The molecule has 3 rings (SSSR count). The van der Waals surface area contributed by atoms with Crippen molar-refractivity contribution in [2.45, 2.75) is 6.36 Å². The van der Waals surface area contributed by atoms with Gasteiger partial charge < -0.3 is 9.84 Å². The quantitative estimate of drug-likeness (QED) is 0.533. The van der Waals surface area contributed by atoms with E-state index in [1.165, 1.54) is 36.4 Å². The van der Waals surface area contributed by atoms with Crippen molar-refractivity contribution in [3.05, 3.63) is 64.2 Å². The molecule has 0 aliphatic rings. The van der Waals surface area contributed by atoms with Gasteiger partial charge in [0.05, 0.1) is 21.7 Å². The number of nitro groups is 1. The molecule has 1 aromatic heterocycles. The minimum Gasteiger partial charge on any atom is -0.478 e. The summed E-state index contributed by atoms with van der Waals surface area (Å²) < 4.78 is 40.9. The van der Waals surface area contributed by atoms with Crippen molar-refractivity contribution in [1.82, 2.24) is 4.98 Å². The zero-order valence-corrected chi connectivity index (χ0v) is 13.2. The van der Waals surface area contributed by atoms with Gasteiger partial charge in [-0.3, -0.25) is 10.1 Å². The van der Waals surface area contributed by atoms with Crippen molar-refractivity contribution >= 4 is 22.6 Å². The second kappa shape index (κ2) is 6.56. The van der Waals surface area contributed by atoms with Crippen LogP contribution in [0.4, 0.5) is 18.9 Å². The summed E-state index contributed by atoms with van der Waals surface area (Å²) in [5, 5.41) is 20.1. The molecule has 1 heterocycles. The highest BCUT2D eigenvalue weighted by Crippen LogP contribution is 2.30. The molecule has 27 heavy (non-hydrogen) atoms. The number of fused-ring (bicyclic) bond motifs is 1. The van der Waals surface area contributed by atoms with Crippen LogP contribution < -0.4 is 4.74 Å². The number of hydrogen-bond donors (Lipinski definition) is 1. The molecule has 2 aromatic carbocycles. The van der Waals surface area contributed by atoms with Gasteiger partial charge in [-0.25, -0.2) is 9.78 Å². The van der Waals surface area contributed by atoms with E-state index in [0.29, 0.717) is 5.56 Å². The number of carbonyl (C=O) groups is 1. The number of carboxylic acids is 1. The molecule has 0 saturated heterocycles. The van der Waals surface area contributed by atoms with Crippen molar-refractivity contribution in [1.29, 1.82) is 0 Å². The second-order valence-electron chi connectivity index (χ2n) is 5.39. The van der Waals surface area contributed by atoms with Crippen molar-refractivity contribution in [3.63, 3.8) is 0 Å². The molecule has 0 aliphatic heterocycles. The van der Waals surface area contributed by atoms with Gasteiger partial charge >= 0.3 is 12.3 Å². The number of nitro benzene ring substituents is 1. The van der Waals surface area contributed by atoms with E-state index in [1.54, 1.807) is 0 Å². The normalized spacial score (nSPS) is 11.4. The van der Waals surface area contributed by atoms with Gasteiger partial charge in [-0.15, -0.1) is 13.2 Å². The Morgan fingerprint density at radius 1 is 1.11 bits per heavy atom. The van der Waals surface area contributed by atoms with Crippen LogP contribution in [0.15, 0.2) is 48.5 Å². The van der Waals surface area contributed by atoms with Crippen LogP contribution in [-0.4, -0.2) is 27.3 Å². The van der Waals surface area contributed by atoms with E-state index in [0.717, 1.165) is 12.1 Å². The number of aromatic carboxylic acids is 1. The maximum atomic E-state index is 12.4. The van der Waals surface area contributed by atoms with Gasteiger partial charge in [-0.05, 0) is 36.4 Å². The van der Waals surface area contributed by atoms with Crippen molar-refractivity contribution in [3.8, 4) is 17.0 Å². The monoisotopic (exact) mass is 378 g/mol. The first-order chi connectivity index (χ1) is 12.6. The van der Waals surface area contributed by atoms with Crippen LogP contribution in [0.5, 0.6) is 5.75 Å². The van der Waals surface area contributed by atoms with E-state index in [1.807, 2.05) is 0 Å². The molecule has 7 nitrogen and oxygen atoms in total.